The molecule has 0 N–H and O–H groups in total. The molecule has 0 saturated carbocycles. The van der Waals surface area contributed by atoms with E-state index in [1.165, 1.54) is 7.11 Å². The maximum atomic E-state index is 10.6. The predicted molar refractivity (Wildman–Crippen MR) is 39.8 cm³/mol. The highest BCUT2D eigenvalue weighted by atomic mass is 17.5. The molecular formula is C7H12O5. The molecule has 12 heavy (non-hydrogen) atoms. The number of hydrogen-bond donors (Lipinski definition) is 0. The van der Waals surface area contributed by atoms with Crippen LogP contribution in [-0.4, -0.2) is 25.8 Å². The lowest BCUT2D eigenvalue weighted by Crippen LogP contribution is -2.19. The fraction of sp³-hybridized carbons (Fsp3) is 0.571. The second-order valence-electron chi connectivity index (χ2n) is 1.97. The summed E-state index contributed by atoms with van der Waals surface area (Å²) in [6.07, 6.45) is 0.680. The van der Waals surface area contributed by atoms with Gasteiger partial charge in [-0.05, 0) is 6.92 Å². The number of carbonyl (C=O) groups excluding carboxylic acids is 1. The Morgan fingerprint density at radius 2 is 2.33 bits per heavy atom. The first-order valence-electron chi connectivity index (χ1n) is 3.36. The van der Waals surface area contributed by atoms with Gasteiger partial charge in [0.1, 0.15) is 12.7 Å². The Balaban J connectivity index is 3.38. The minimum absolute atomic E-state index is 0.105. The largest absolute Gasteiger partial charge is 0.457 e. The second kappa shape index (κ2) is 6.78. The molecule has 1 atom stereocenters. The number of ether oxygens (including phenoxy) is 1. The molecule has 0 aliphatic heterocycles. The summed E-state index contributed by atoms with van der Waals surface area (Å²) >= 11 is 0. The van der Waals surface area contributed by atoms with Gasteiger partial charge in [0.05, 0.1) is 7.11 Å². The van der Waals surface area contributed by atoms with Crippen LogP contribution in [0.5, 0.6) is 0 Å². The van der Waals surface area contributed by atoms with Crippen LogP contribution >= 0.6 is 0 Å². The summed E-state index contributed by atoms with van der Waals surface area (Å²) in [4.78, 5) is 19.2. The van der Waals surface area contributed by atoms with E-state index >= 15 is 0 Å². The third kappa shape index (κ3) is 5.84. The molecule has 0 spiro atoms. The monoisotopic (exact) mass is 176 g/mol. The molecule has 0 saturated heterocycles. The lowest BCUT2D eigenvalue weighted by atomic mass is 10.4. The van der Waals surface area contributed by atoms with Crippen molar-refractivity contribution < 1.29 is 24.3 Å². The zero-order chi connectivity index (χ0) is 9.40. The molecular weight excluding hydrogens is 164 g/mol. The average molecular weight is 176 g/mol. The Labute approximate surface area is 70.7 Å². The van der Waals surface area contributed by atoms with Crippen molar-refractivity contribution in [3.8, 4) is 0 Å². The molecule has 70 valence electrons. The molecule has 0 radical (unpaired) electrons. The Kier molecular flexibility index (Phi) is 6.26. The normalized spacial score (nSPS) is 12.2. The lowest BCUT2D eigenvalue weighted by molar-refractivity contribution is -0.505. The smallest absolute Gasteiger partial charge is 0.330 e. The minimum atomic E-state index is -0.497. The predicted octanol–water partition coefficient (Wildman–Crippen LogP) is 0.614. The molecule has 0 aromatic heterocycles. The third-order valence-corrected chi connectivity index (χ3v) is 0.903. The van der Waals surface area contributed by atoms with Crippen molar-refractivity contribution in [3.05, 3.63) is 12.7 Å². The standard InChI is InChI=1S/C7H12O5/c1-4-7(8)11-6(2)5-10-12-9-3/h4,6H,1,5H2,2-3H3. The van der Waals surface area contributed by atoms with E-state index in [-0.39, 0.29) is 6.61 Å². The van der Waals surface area contributed by atoms with Gasteiger partial charge in [-0.1, -0.05) is 11.6 Å². The maximum absolute atomic E-state index is 10.6. The summed E-state index contributed by atoms with van der Waals surface area (Å²) in [5, 5.41) is 4.10. The summed E-state index contributed by atoms with van der Waals surface area (Å²) in [6, 6.07) is 0. The molecule has 0 amide bonds. The Bertz CT molecular complexity index is 145. The summed E-state index contributed by atoms with van der Waals surface area (Å²) < 4.78 is 4.73. The van der Waals surface area contributed by atoms with Crippen molar-refractivity contribution in [2.75, 3.05) is 13.7 Å². The first-order valence-corrected chi connectivity index (χ1v) is 3.36. The molecule has 0 aromatic rings. The van der Waals surface area contributed by atoms with Crippen LogP contribution in [0.2, 0.25) is 0 Å². The molecule has 1 unspecified atom stereocenters. The van der Waals surface area contributed by atoms with Gasteiger partial charge in [-0.3, -0.25) is 0 Å². The molecule has 0 aliphatic carbocycles. The van der Waals surface area contributed by atoms with E-state index in [0.717, 1.165) is 6.08 Å². The number of rotatable bonds is 6. The van der Waals surface area contributed by atoms with Crippen molar-refractivity contribution in [3.63, 3.8) is 0 Å². The van der Waals surface area contributed by atoms with Gasteiger partial charge in [0.15, 0.2) is 0 Å². The lowest BCUT2D eigenvalue weighted by Gasteiger charge is -2.09. The van der Waals surface area contributed by atoms with Gasteiger partial charge in [-0.15, -0.1) is 0 Å². The third-order valence-electron chi connectivity index (χ3n) is 0.903. The molecule has 5 nitrogen and oxygen atoms in total. The molecule has 0 fully saturated rings. The second-order valence-corrected chi connectivity index (χ2v) is 1.97. The van der Waals surface area contributed by atoms with Crippen LogP contribution in [0.4, 0.5) is 0 Å². The Morgan fingerprint density at radius 1 is 1.67 bits per heavy atom. The number of carbonyl (C=O) groups is 1. The van der Waals surface area contributed by atoms with Gasteiger partial charge in [0.25, 0.3) is 0 Å². The summed E-state index contributed by atoms with van der Waals surface area (Å²) in [5.41, 5.74) is 0. The quantitative estimate of drug-likeness (QED) is 0.195. The van der Waals surface area contributed by atoms with Crippen molar-refractivity contribution >= 4 is 5.97 Å². The first kappa shape index (κ1) is 11.1. The average Bonchev–Trinajstić information content (AvgIpc) is 2.05. The molecule has 0 aliphatic rings. The van der Waals surface area contributed by atoms with E-state index in [9.17, 15) is 4.79 Å². The van der Waals surface area contributed by atoms with Crippen molar-refractivity contribution in [1.29, 1.82) is 0 Å². The molecule has 0 heterocycles. The van der Waals surface area contributed by atoms with Gasteiger partial charge in [-0.25, -0.2) is 14.6 Å². The Hall–Kier alpha value is -0.910. The van der Waals surface area contributed by atoms with E-state index in [2.05, 4.69) is 21.4 Å². The number of hydrogen-bond acceptors (Lipinski definition) is 5. The van der Waals surface area contributed by atoms with E-state index in [0.29, 0.717) is 0 Å². The number of esters is 1. The summed E-state index contributed by atoms with van der Waals surface area (Å²) in [7, 11) is 1.31. The molecule has 0 bridgehead atoms. The fourth-order valence-corrected chi connectivity index (χ4v) is 0.452. The fourth-order valence-electron chi connectivity index (χ4n) is 0.452. The van der Waals surface area contributed by atoms with Crippen LogP contribution in [-0.2, 0) is 24.3 Å². The van der Waals surface area contributed by atoms with Crippen LogP contribution in [0.1, 0.15) is 6.92 Å². The molecule has 5 heteroatoms. The topological polar surface area (TPSA) is 54.0 Å². The van der Waals surface area contributed by atoms with Crippen LogP contribution in [0.15, 0.2) is 12.7 Å². The van der Waals surface area contributed by atoms with Crippen LogP contribution in [0.3, 0.4) is 0 Å². The van der Waals surface area contributed by atoms with Gasteiger partial charge < -0.3 is 4.74 Å². The van der Waals surface area contributed by atoms with E-state index in [1.54, 1.807) is 6.92 Å². The highest BCUT2D eigenvalue weighted by molar-refractivity contribution is 5.81. The van der Waals surface area contributed by atoms with Gasteiger partial charge in [0.2, 0.25) is 0 Å². The molecule has 0 rings (SSSR count). The van der Waals surface area contributed by atoms with E-state index in [4.69, 9.17) is 4.74 Å². The summed E-state index contributed by atoms with van der Waals surface area (Å²) in [6.45, 7) is 5.00. The zero-order valence-corrected chi connectivity index (χ0v) is 7.11. The minimum Gasteiger partial charge on any atom is -0.457 e. The van der Waals surface area contributed by atoms with E-state index in [1.807, 2.05) is 0 Å². The first-order chi connectivity index (χ1) is 5.70. The highest BCUT2D eigenvalue weighted by Crippen LogP contribution is 1.93. The van der Waals surface area contributed by atoms with Crippen LogP contribution < -0.4 is 0 Å². The summed E-state index contributed by atoms with van der Waals surface area (Å²) in [5.74, 6) is -0.497. The molecule has 0 aromatic carbocycles. The highest BCUT2D eigenvalue weighted by Gasteiger charge is 2.06. The van der Waals surface area contributed by atoms with Crippen molar-refractivity contribution in [1.82, 2.24) is 0 Å². The van der Waals surface area contributed by atoms with E-state index < -0.39 is 12.1 Å². The zero-order valence-electron chi connectivity index (χ0n) is 7.11. The van der Waals surface area contributed by atoms with Gasteiger partial charge >= 0.3 is 5.97 Å². The maximum Gasteiger partial charge on any atom is 0.330 e. The SMILES string of the molecule is C=CC(=O)OC(C)COOOC. The van der Waals surface area contributed by atoms with Gasteiger partial charge in [0, 0.05) is 6.08 Å². The van der Waals surface area contributed by atoms with Crippen LogP contribution in [0, 0.1) is 0 Å². The Morgan fingerprint density at radius 3 is 2.83 bits per heavy atom. The van der Waals surface area contributed by atoms with Crippen molar-refractivity contribution in [2.24, 2.45) is 0 Å². The van der Waals surface area contributed by atoms with Gasteiger partial charge in [-0.2, -0.15) is 0 Å². The van der Waals surface area contributed by atoms with Crippen LogP contribution in [0.25, 0.3) is 0 Å². The van der Waals surface area contributed by atoms with Crippen molar-refractivity contribution in [2.45, 2.75) is 13.0 Å².